The lowest BCUT2D eigenvalue weighted by atomic mass is 9.94. The number of ketones is 1. The van der Waals surface area contributed by atoms with E-state index in [1.54, 1.807) is 30.3 Å². The van der Waals surface area contributed by atoms with Crippen LogP contribution in [0.1, 0.15) is 29.2 Å². The number of benzene rings is 2. The molecule has 8 heteroatoms. The maximum atomic E-state index is 12.9. The average molecular weight is 410 g/mol. The first-order valence-electron chi connectivity index (χ1n) is 9.44. The molecular formula is C22H22N2O6. The summed E-state index contributed by atoms with van der Waals surface area (Å²) >= 11 is 0. The van der Waals surface area contributed by atoms with Gasteiger partial charge in [0.25, 0.3) is 17.4 Å². The number of non-ortho nitro benzene ring substituents is 1. The Kier molecular flexibility index (Phi) is 6.27. The first-order chi connectivity index (χ1) is 14.3. The Morgan fingerprint density at radius 3 is 2.53 bits per heavy atom. The number of hydrogen-bond acceptors (Lipinski definition) is 6. The summed E-state index contributed by atoms with van der Waals surface area (Å²) < 4.78 is 5.04. The minimum Gasteiger partial charge on any atom is -0.507 e. The quantitative estimate of drug-likeness (QED) is 0.187. The summed E-state index contributed by atoms with van der Waals surface area (Å²) in [6.45, 7) is 2.47. The fourth-order valence-electron chi connectivity index (χ4n) is 3.51. The van der Waals surface area contributed by atoms with Crippen molar-refractivity contribution in [2.75, 3.05) is 20.3 Å². The number of carbonyl (C=O) groups excluding carboxylic acids is 2. The standard InChI is InChI=1S/C22H22N2O6/c1-14-7-9-15(10-8-14)20(25)18-19(16-5-3-6-17(13-16)24(28)29)23(11-4-12-30-2)22(27)21(18)26/h3,5-10,13,19,25H,4,11-12H2,1-2H3/b20-18+/t19-/m0/s1. The number of ether oxygens (including phenoxy) is 1. The van der Waals surface area contributed by atoms with Gasteiger partial charge in [0.2, 0.25) is 0 Å². The smallest absolute Gasteiger partial charge is 0.295 e. The van der Waals surface area contributed by atoms with Crippen molar-refractivity contribution in [1.29, 1.82) is 0 Å². The number of hydrogen-bond donors (Lipinski definition) is 1. The molecule has 3 rings (SSSR count). The summed E-state index contributed by atoms with van der Waals surface area (Å²) in [7, 11) is 1.53. The van der Waals surface area contributed by atoms with Crippen molar-refractivity contribution < 1.29 is 24.4 Å². The van der Waals surface area contributed by atoms with Crippen LogP contribution in [-0.4, -0.2) is 46.9 Å². The zero-order chi connectivity index (χ0) is 21.8. The van der Waals surface area contributed by atoms with Gasteiger partial charge in [0.05, 0.1) is 16.5 Å². The lowest BCUT2D eigenvalue weighted by Crippen LogP contribution is -2.31. The molecule has 1 fully saturated rings. The fraction of sp³-hybridized carbons (Fsp3) is 0.273. The zero-order valence-electron chi connectivity index (χ0n) is 16.7. The van der Waals surface area contributed by atoms with E-state index in [4.69, 9.17) is 4.74 Å². The second-order valence-electron chi connectivity index (χ2n) is 7.06. The van der Waals surface area contributed by atoms with E-state index in [2.05, 4.69) is 0 Å². The van der Waals surface area contributed by atoms with Gasteiger partial charge in [0, 0.05) is 38.0 Å². The molecule has 1 aliphatic heterocycles. The molecule has 156 valence electrons. The van der Waals surface area contributed by atoms with Crippen LogP contribution < -0.4 is 0 Å². The van der Waals surface area contributed by atoms with Crippen molar-refractivity contribution in [3.63, 3.8) is 0 Å². The first-order valence-corrected chi connectivity index (χ1v) is 9.44. The van der Waals surface area contributed by atoms with Crippen molar-refractivity contribution in [3.8, 4) is 0 Å². The third-order valence-electron chi connectivity index (χ3n) is 5.01. The lowest BCUT2D eigenvalue weighted by molar-refractivity contribution is -0.384. The van der Waals surface area contributed by atoms with Crippen LogP contribution in [0, 0.1) is 17.0 Å². The van der Waals surface area contributed by atoms with E-state index in [-0.39, 0.29) is 23.6 Å². The number of carbonyl (C=O) groups is 2. The van der Waals surface area contributed by atoms with Crippen molar-refractivity contribution in [2.24, 2.45) is 0 Å². The van der Waals surface area contributed by atoms with Crippen molar-refractivity contribution in [2.45, 2.75) is 19.4 Å². The summed E-state index contributed by atoms with van der Waals surface area (Å²) in [5, 5.41) is 22.2. The van der Waals surface area contributed by atoms with E-state index in [0.29, 0.717) is 24.2 Å². The van der Waals surface area contributed by atoms with Gasteiger partial charge in [-0.1, -0.05) is 42.0 Å². The second kappa shape index (κ2) is 8.87. The van der Waals surface area contributed by atoms with Crippen LogP contribution in [0.4, 0.5) is 5.69 Å². The van der Waals surface area contributed by atoms with Gasteiger partial charge in [0.1, 0.15) is 5.76 Å². The zero-order valence-corrected chi connectivity index (χ0v) is 16.7. The number of Topliss-reactive ketones (excluding diaryl/α,β-unsaturated/α-hetero) is 1. The van der Waals surface area contributed by atoms with Crippen LogP contribution in [-0.2, 0) is 14.3 Å². The van der Waals surface area contributed by atoms with E-state index < -0.39 is 22.7 Å². The summed E-state index contributed by atoms with van der Waals surface area (Å²) in [4.78, 5) is 37.6. The van der Waals surface area contributed by atoms with Gasteiger partial charge in [0.15, 0.2) is 0 Å². The highest BCUT2D eigenvalue weighted by Gasteiger charge is 2.46. The Morgan fingerprint density at radius 1 is 1.20 bits per heavy atom. The van der Waals surface area contributed by atoms with E-state index in [1.807, 2.05) is 6.92 Å². The van der Waals surface area contributed by atoms with Gasteiger partial charge < -0.3 is 14.7 Å². The molecule has 1 amide bonds. The molecule has 2 aromatic rings. The predicted octanol–water partition coefficient (Wildman–Crippen LogP) is 3.36. The molecule has 2 aromatic carbocycles. The van der Waals surface area contributed by atoms with E-state index in [0.717, 1.165) is 5.56 Å². The van der Waals surface area contributed by atoms with Gasteiger partial charge in [-0.25, -0.2) is 0 Å². The highest BCUT2D eigenvalue weighted by molar-refractivity contribution is 6.46. The van der Waals surface area contributed by atoms with Gasteiger partial charge in [-0.2, -0.15) is 0 Å². The molecule has 1 saturated heterocycles. The van der Waals surface area contributed by atoms with Gasteiger partial charge in [-0.3, -0.25) is 19.7 Å². The molecular weight excluding hydrogens is 388 g/mol. The largest absolute Gasteiger partial charge is 0.507 e. The van der Waals surface area contributed by atoms with Crippen LogP contribution in [0.5, 0.6) is 0 Å². The number of aryl methyl sites for hydroxylation is 1. The number of rotatable bonds is 7. The number of amides is 1. The molecule has 0 aliphatic carbocycles. The number of nitro benzene ring substituents is 1. The molecule has 0 aromatic heterocycles. The van der Waals surface area contributed by atoms with E-state index >= 15 is 0 Å². The Balaban J connectivity index is 2.15. The monoisotopic (exact) mass is 410 g/mol. The number of aliphatic hydroxyl groups excluding tert-OH is 1. The van der Waals surface area contributed by atoms with Gasteiger partial charge >= 0.3 is 0 Å². The average Bonchev–Trinajstić information content (AvgIpc) is 2.99. The minimum atomic E-state index is -0.928. The summed E-state index contributed by atoms with van der Waals surface area (Å²) in [5.74, 6) is -1.88. The van der Waals surface area contributed by atoms with Crippen LogP contribution in [0.2, 0.25) is 0 Å². The normalized spacial score (nSPS) is 18.1. The van der Waals surface area contributed by atoms with Gasteiger partial charge in [-0.05, 0) is 18.9 Å². The molecule has 0 unspecified atom stereocenters. The molecule has 30 heavy (non-hydrogen) atoms. The third-order valence-corrected chi connectivity index (χ3v) is 5.01. The number of nitrogens with zero attached hydrogens (tertiary/aromatic N) is 2. The molecule has 1 N–H and O–H groups in total. The van der Waals surface area contributed by atoms with Crippen LogP contribution in [0.25, 0.3) is 5.76 Å². The highest BCUT2D eigenvalue weighted by atomic mass is 16.6. The molecule has 8 nitrogen and oxygen atoms in total. The molecule has 1 aliphatic rings. The predicted molar refractivity (Wildman–Crippen MR) is 110 cm³/mol. The van der Waals surface area contributed by atoms with Crippen molar-refractivity contribution in [3.05, 3.63) is 80.9 Å². The minimum absolute atomic E-state index is 0.0817. The highest BCUT2D eigenvalue weighted by Crippen LogP contribution is 2.40. The second-order valence-corrected chi connectivity index (χ2v) is 7.06. The van der Waals surface area contributed by atoms with Crippen LogP contribution in [0.15, 0.2) is 54.1 Å². The van der Waals surface area contributed by atoms with E-state index in [1.165, 1.54) is 30.2 Å². The number of likely N-dealkylation sites (tertiary alicyclic amines) is 1. The van der Waals surface area contributed by atoms with Gasteiger partial charge in [-0.15, -0.1) is 0 Å². The maximum Gasteiger partial charge on any atom is 0.295 e. The fourth-order valence-corrected chi connectivity index (χ4v) is 3.51. The molecule has 0 spiro atoms. The topological polar surface area (TPSA) is 110 Å². The Morgan fingerprint density at radius 2 is 1.90 bits per heavy atom. The first kappa shape index (κ1) is 21.2. The molecule has 0 radical (unpaired) electrons. The summed E-state index contributed by atoms with van der Waals surface area (Å²) in [6, 6.07) is 11.7. The Hall–Kier alpha value is -3.52. The van der Waals surface area contributed by atoms with Crippen molar-refractivity contribution in [1.82, 2.24) is 4.90 Å². The number of methoxy groups -OCH3 is 1. The molecule has 1 atom stereocenters. The number of aliphatic hydroxyl groups is 1. The molecule has 0 saturated carbocycles. The van der Waals surface area contributed by atoms with Crippen LogP contribution >= 0.6 is 0 Å². The van der Waals surface area contributed by atoms with Crippen molar-refractivity contribution >= 4 is 23.1 Å². The van der Waals surface area contributed by atoms with E-state index in [9.17, 15) is 24.8 Å². The number of nitro groups is 1. The third kappa shape index (κ3) is 4.08. The molecule has 1 heterocycles. The summed E-state index contributed by atoms with van der Waals surface area (Å²) in [5.41, 5.74) is 1.51. The SMILES string of the molecule is COCCCN1C(=O)C(=O)/C(=C(/O)c2ccc(C)cc2)[C@@H]1c1cccc([N+](=O)[O-])c1. The summed E-state index contributed by atoms with van der Waals surface area (Å²) in [6.07, 6.45) is 0.472. The van der Waals surface area contributed by atoms with Crippen LogP contribution in [0.3, 0.4) is 0 Å². The molecule has 0 bridgehead atoms. The Bertz CT molecular complexity index is 1010. The lowest BCUT2D eigenvalue weighted by Gasteiger charge is -2.25. The Labute approximate surface area is 173 Å². The maximum absolute atomic E-state index is 12.9.